The lowest BCUT2D eigenvalue weighted by atomic mass is 9.93. The SMILES string of the molecule is c1ccc(-c2ccccc2-c2sc(-c3c4ccccc4cc4ccccc34)c3ccccc23)cc1. The van der Waals surface area contributed by atoms with Gasteiger partial charge in [-0.3, -0.25) is 0 Å². The summed E-state index contributed by atoms with van der Waals surface area (Å²) in [4.78, 5) is 2.67. The van der Waals surface area contributed by atoms with E-state index >= 15 is 0 Å². The minimum absolute atomic E-state index is 1.25. The van der Waals surface area contributed by atoms with Crippen molar-refractivity contribution >= 4 is 43.7 Å². The van der Waals surface area contributed by atoms with E-state index in [1.165, 1.54) is 64.3 Å². The highest BCUT2D eigenvalue weighted by atomic mass is 32.1. The molecule has 6 aromatic carbocycles. The highest BCUT2D eigenvalue weighted by molar-refractivity contribution is 7.21. The van der Waals surface area contributed by atoms with Gasteiger partial charge in [0.15, 0.2) is 0 Å². The molecule has 1 heteroatoms. The van der Waals surface area contributed by atoms with Crippen LogP contribution < -0.4 is 0 Å². The molecule has 0 N–H and O–H groups in total. The minimum atomic E-state index is 1.25. The Morgan fingerprint density at radius 2 is 0.857 bits per heavy atom. The maximum Gasteiger partial charge on any atom is 0.0440 e. The second-order valence-electron chi connectivity index (χ2n) is 8.91. The fourth-order valence-corrected chi connectivity index (χ4v) is 6.68. The van der Waals surface area contributed by atoms with Crippen molar-refractivity contribution in [2.24, 2.45) is 0 Å². The molecular formula is C34H22S. The van der Waals surface area contributed by atoms with E-state index in [4.69, 9.17) is 0 Å². The molecule has 0 saturated heterocycles. The van der Waals surface area contributed by atoms with Crippen molar-refractivity contribution in [1.29, 1.82) is 0 Å². The van der Waals surface area contributed by atoms with Crippen molar-refractivity contribution in [3.05, 3.63) is 133 Å². The van der Waals surface area contributed by atoms with Gasteiger partial charge in [-0.1, -0.05) is 127 Å². The summed E-state index contributed by atoms with van der Waals surface area (Å²) in [5.41, 5.74) is 5.14. The van der Waals surface area contributed by atoms with Gasteiger partial charge in [0.2, 0.25) is 0 Å². The van der Waals surface area contributed by atoms with E-state index in [0.29, 0.717) is 0 Å². The number of benzene rings is 6. The molecule has 0 radical (unpaired) electrons. The first-order chi connectivity index (χ1) is 17.4. The average molecular weight is 463 g/mol. The lowest BCUT2D eigenvalue weighted by molar-refractivity contribution is 1.62. The van der Waals surface area contributed by atoms with Gasteiger partial charge in [0.25, 0.3) is 0 Å². The van der Waals surface area contributed by atoms with E-state index in [1.54, 1.807) is 0 Å². The summed E-state index contributed by atoms with van der Waals surface area (Å²) < 4.78 is 0. The predicted octanol–water partition coefficient (Wildman–Crippen LogP) is 10.2. The monoisotopic (exact) mass is 462 g/mol. The quantitative estimate of drug-likeness (QED) is 0.229. The fourth-order valence-electron chi connectivity index (χ4n) is 5.29. The van der Waals surface area contributed by atoms with E-state index < -0.39 is 0 Å². The Morgan fingerprint density at radius 1 is 0.371 bits per heavy atom. The third-order valence-corrected chi connectivity index (χ3v) is 8.15. The van der Waals surface area contributed by atoms with Crippen LogP contribution in [0, 0.1) is 0 Å². The van der Waals surface area contributed by atoms with Crippen LogP contribution in [0.25, 0.3) is 64.3 Å². The van der Waals surface area contributed by atoms with Gasteiger partial charge in [0.1, 0.15) is 0 Å². The van der Waals surface area contributed by atoms with Crippen LogP contribution >= 0.6 is 11.3 Å². The molecule has 0 unspecified atom stereocenters. The third kappa shape index (κ3) is 3.28. The minimum Gasteiger partial charge on any atom is -0.134 e. The Kier molecular flexibility index (Phi) is 4.75. The Labute approximate surface area is 208 Å². The Balaban J connectivity index is 1.59. The van der Waals surface area contributed by atoms with Crippen molar-refractivity contribution in [2.75, 3.05) is 0 Å². The zero-order valence-electron chi connectivity index (χ0n) is 19.1. The van der Waals surface area contributed by atoms with Crippen LogP contribution in [-0.2, 0) is 0 Å². The number of hydrogen-bond acceptors (Lipinski definition) is 1. The molecule has 7 rings (SSSR count). The molecule has 1 heterocycles. The topological polar surface area (TPSA) is 0 Å². The maximum atomic E-state index is 2.32. The molecule has 0 saturated carbocycles. The Morgan fingerprint density at radius 3 is 1.51 bits per heavy atom. The molecule has 35 heavy (non-hydrogen) atoms. The first-order valence-electron chi connectivity index (χ1n) is 12.0. The second-order valence-corrected chi connectivity index (χ2v) is 9.93. The van der Waals surface area contributed by atoms with Crippen LogP contribution in [0.2, 0.25) is 0 Å². The number of hydrogen-bond donors (Lipinski definition) is 0. The van der Waals surface area contributed by atoms with Crippen molar-refractivity contribution in [3.8, 4) is 32.0 Å². The zero-order valence-corrected chi connectivity index (χ0v) is 19.9. The van der Waals surface area contributed by atoms with Gasteiger partial charge in [0, 0.05) is 31.7 Å². The van der Waals surface area contributed by atoms with E-state index in [1.807, 2.05) is 11.3 Å². The largest absolute Gasteiger partial charge is 0.134 e. The van der Waals surface area contributed by atoms with Crippen LogP contribution in [0.5, 0.6) is 0 Å². The van der Waals surface area contributed by atoms with E-state index in [2.05, 4.69) is 133 Å². The molecule has 0 aliphatic rings. The van der Waals surface area contributed by atoms with Crippen LogP contribution in [0.3, 0.4) is 0 Å². The molecule has 0 amide bonds. The molecule has 0 aliphatic heterocycles. The average Bonchev–Trinajstić information content (AvgIpc) is 3.31. The molecule has 0 spiro atoms. The summed E-state index contributed by atoms with van der Waals surface area (Å²) in [7, 11) is 0. The molecule has 0 bridgehead atoms. The summed E-state index contributed by atoms with van der Waals surface area (Å²) in [5.74, 6) is 0. The molecule has 164 valence electrons. The molecule has 1 aromatic heterocycles. The summed E-state index contributed by atoms with van der Waals surface area (Å²) in [6.45, 7) is 0. The Bertz CT molecular complexity index is 1790. The van der Waals surface area contributed by atoms with Gasteiger partial charge in [-0.05, 0) is 38.7 Å². The zero-order chi connectivity index (χ0) is 23.2. The first kappa shape index (κ1) is 20.2. The van der Waals surface area contributed by atoms with Gasteiger partial charge >= 0.3 is 0 Å². The molecule has 7 aromatic rings. The maximum absolute atomic E-state index is 2.32. The fraction of sp³-hybridized carbons (Fsp3) is 0. The number of rotatable bonds is 3. The molecule has 0 nitrogen and oxygen atoms in total. The van der Waals surface area contributed by atoms with Crippen molar-refractivity contribution in [1.82, 2.24) is 0 Å². The summed E-state index contributed by atoms with van der Waals surface area (Å²) in [6.07, 6.45) is 0. The summed E-state index contributed by atoms with van der Waals surface area (Å²) in [6, 6.07) is 48.3. The van der Waals surface area contributed by atoms with Crippen molar-refractivity contribution < 1.29 is 0 Å². The third-order valence-electron chi connectivity index (χ3n) is 6.88. The van der Waals surface area contributed by atoms with Gasteiger partial charge in [0.05, 0.1) is 0 Å². The highest BCUT2D eigenvalue weighted by Crippen LogP contribution is 2.49. The predicted molar refractivity (Wildman–Crippen MR) is 153 cm³/mol. The van der Waals surface area contributed by atoms with Gasteiger partial charge in [-0.2, -0.15) is 0 Å². The normalized spacial score (nSPS) is 11.4. The summed E-state index contributed by atoms with van der Waals surface area (Å²) in [5, 5.41) is 7.81. The second kappa shape index (κ2) is 8.23. The lowest BCUT2D eigenvalue weighted by Gasteiger charge is -2.11. The molecular weight excluding hydrogens is 440 g/mol. The van der Waals surface area contributed by atoms with Crippen LogP contribution in [0.15, 0.2) is 133 Å². The van der Waals surface area contributed by atoms with Gasteiger partial charge in [-0.15, -0.1) is 11.3 Å². The molecule has 0 fully saturated rings. The van der Waals surface area contributed by atoms with Gasteiger partial charge < -0.3 is 0 Å². The standard InChI is InChI=1S/C34H22S/c1-2-12-23(13-3-1)26-16-8-9-19-29(26)33-30-20-10-11-21-31(30)34(35-33)32-27-17-6-4-14-24(27)22-25-15-5-7-18-28(25)32/h1-22H. The first-order valence-corrected chi connectivity index (χ1v) is 12.8. The van der Waals surface area contributed by atoms with Crippen LogP contribution in [0.1, 0.15) is 0 Å². The van der Waals surface area contributed by atoms with Crippen LogP contribution in [0.4, 0.5) is 0 Å². The van der Waals surface area contributed by atoms with E-state index in [9.17, 15) is 0 Å². The van der Waals surface area contributed by atoms with Crippen molar-refractivity contribution in [3.63, 3.8) is 0 Å². The highest BCUT2D eigenvalue weighted by Gasteiger charge is 2.19. The van der Waals surface area contributed by atoms with E-state index in [-0.39, 0.29) is 0 Å². The lowest BCUT2D eigenvalue weighted by Crippen LogP contribution is -1.83. The van der Waals surface area contributed by atoms with E-state index in [0.717, 1.165) is 0 Å². The summed E-state index contributed by atoms with van der Waals surface area (Å²) >= 11 is 1.92. The van der Waals surface area contributed by atoms with Crippen molar-refractivity contribution in [2.45, 2.75) is 0 Å². The smallest absolute Gasteiger partial charge is 0.0440 e. The molecule has 0 atom stereocenters. The Hall–Kier alpha value is -4.20. The molecule has 0 aliphatic carbocycles. The van der Waals surface area contributed by atoms with Crippen LogP contribution in [-0.4, -0.2) is 0 Å². The number of fused-ring (bicyclic) bond motifs is 3. The van der Waals surface area contributed by atoms with Gasteiger partial charge in [-0.25, -0.2) is 0 Å². The number of thiophene rings is 1.